The number of pyridine rings is 1. The van der Waals surface area contributed by atoms with Gasteiger partial charge in [0, 0.05) is 43.3 Å². The third kappa shape index (κ3) is 5.39. The Balaban J connectivity index is 2.14. The van der Waals surface area contributed by atoms with Gasteiger partial charge in [0.25, 0.3) is 5.24 Å². The van der Waals surface area contributed by atoms with Crippen LogP contribution in [0.4, 0.5) is 4.79 Å². The lowest BCUT2D eigenvalue weighted by Gasteiger charge is -2.03. The molecule has 15 heavy (non-hydrogen) atoms. The van der Waals surface area contributed by atoms with E-state index in [-0.39, 0.29) is 5.24 Å². The van der Waals surface area contributed by atoms with Crippen molar-refractivity contribution in [1.29, 1.82) is 0 Å². The molecular weight excluding hydrogens is 210 g/mol. The molecule has 2 N–H and O–H groups in total. The number of nitrogens with one attached hydrogen (secondary N) is 2. The normalized spacial score (nSPS) is 9.93. The fourth-order valence-electron chi connectivity index (χ4n) is 1.01. The third-order valence-corrected chi connectivity index (χ3v) is 2.45. The highest BCUT2D eigenvalue weighted by molar-refractivity contribution is 8.11. The first-order valence-electron chi connectivity index (χ1n) is 4.90. The number of rotatable bonds is 5. The van der Waals surface area contributed by atoms with Gasteiger partial charge >= 0.3 is 0 Å². The lowest BCUT2D eigenvalue weighted by molar-refractivity contribution is 0.260. The van der Waals surface area contributed by atoms with Crippen molar-refractivity contribution in [3.8, 4) is 0 Å². The topological polar surface area (TPSA) is 54.0 Å². The standard InChI is InChI=1S/C10H15N3OS/c1-2-13-15-10(14)12-8-6-9-5-3-4-7-11-9/h3-5,7,13H,2,6,8H2,1H3,(H,12,14). The summed E-state index contributed by atoms with van der Waals surface area (Å²) in [6, 6.07) is 5.77. The summed E-state index contributed by atoms with van der Waals surface area (Å²) in [6.07, 6.45) is 2.52. The van der Waals surface area contributed by atoms with Crippen molar-refractivity contribution in [2.45, 2.75) is 13.3 Å². The maximum atomic E-state index is 11.2. The van der Waals surface area contributed by atoms with Crippen LogP contribution in [0.5, 0.6) is 0 Å². The van der Waals surface area contributed by atoms with Crippen molar-refractivity contribution in [1.82, 2.24) is 15.0 Å². The van der Waals surface area contributed by atoms with Crippen LogP contribution < -0.4 is 10.0 Å². The first-order valence-corrected chi connectivity index (χ1v) is 5.72. The van der Waals surface area contributed by atoms with E-state index >= 15 is 0 Å². The number of carbonyl (C=O) groups excluding carboxylic acids is 1. The zero-order chi connectivity index (χ0) is 10.9. The molecule has 0 unspecified atom stereocenters. The Morgan fingerprint density at radius 3 is 3.07 bits per heavy atom. The van der Waals surface area contributed by atoms with E-state index in [1.807, 2.05) is 25.1 Å². The smallest absolute Gasteiger partial charge is 0.294 e. The van der Waals surface area contributed by atoms with Crippen LogP contribution in [0.1, 0.15) is 12.6 Å². The molecule has 0 spiro atoms. The Bertz CT molecular complexity index is 292. The van der Waals surface area contributed by atoms with Gasteiger partial charge in [-0.2, -0.15) is 0 Å². The first kappa shape index (κ1) is 12.0. The van der Waals surface area contributed by atoms with Crippen LogP contribution in [0.25, 0.3) is 0 Å². The molecule has 1 rings (SSSR count). The summed E-state index contributed by atoms with van der Waals surface area (Å²) in [5.41, 5.74) is 0.992. The molecule has 5 heteroatoms. The molecule has 0 radical (unpaired) electrons. The van der Waals surface area contributed by atoms with Gasteiger partial charge in [-0.1, -0.05) is 13.0 Å². The highest BCUT2D eigenvalue weighted by Gasteiger charge is 2.00. The van der Waals surface area contributed by atoms with Crippen molar-refractivity contribution >= 4 is 17.2 Å². The molecule has 1 aromatic heterocycles. The summed E-state index contributed by atoms with van der Waals surface area (Å²) < 4.78 is 2.89. The average molecular weight is 225 g/mol. The monoisotopic (exact) mass is 225 g/mol. The van der Waals surface area contributed by atoms with Gasteiger partial charge in [-0.05, 0) is 12.1 Å². The van der Waals surface area contributed by atoms with E-state index in [0.29, 0.717) is 6.54 Å². The quantitative estimate of drug-likeness (QED) is 0.747. The Hall–Kier alpha value is -1.07. The van der Waals surface area contributed by atoms with Crippen molar-refractivity contribution in [3.63, 3.8) is 0 Å². The Morgan fingerprint density at radius 2 is 2.40 bits per heavy atom. The van der Waals surface area contributed by atoms with E-state index in [9.17, 15) is 4.79 Å². The first-order chi connectivity index (χ1) is 7.33. The van der Waals surface area contributed by atoms with Gasteiger partial charge in [0.15, 0.2) is 0 Å². The van der Waals surface area contributed by atoms with Gasteiger partial charge < -0.3 is 5.32 Å². The van der Waals surface area contributed by atoms with Gasteiger partial charge in [-0.15, -0.1) is 0 Å². The Kier molecular flexibility index (Phi) is 5.80. The van der Waals surface area contributed by atoms with Gasteiger partial charge in [-0.3, -0.25) is 14.5 Å². The van der Waals surface area contributed by atoms with Gasteiger partial charge in [-0.25, -0.2) is 0 Å². The molecule has 82 valence electrons. The number of aromatic nitrogens is 1. The molecule has 1 heterocycles. The molecule has 4 nitrogen and oxygen atoms in total. The van der Waals surface area contributed by atoms with Crippen molar-refractivity contribution in [2.75, 3.05) is 13.1 Å². The van der Waals surface area contributed by atoms with Crippen LogP contribution in [0.2, 0.25) is 0 Å². The van der Waals surface area contributed by atoms with Crippen LogP contribution in [0.3, 0.4) is 0 Å². The molecule has 0 aromatic carbocycles. The third-order valence-electron chi connectivity index (χ3n) is 1.69. The average Bonchev–Trinajstić information content (AvgIpc) is 2.28. The largest absolute Gasteiger partial charge is 0.346 e. The van der Waals surface area contributed by atoms with E-state index in [1.54, 1.807) is 6.20 Å². The van der Waals surface area contributed by atoms with Gasteiger partial charge in [0.1, 0.15) is 0 Å². The molecule has 0 saturated carbocycles. The molecule has 0 aliphatic rings. The molecule has 0 saturated heterocycles. The lowest BCUT2D eigenvalue weighted by atomic mass is 10.3. The number of amides is 1. The summed E-state index contributed by atoms with van der Waals surface area (Å²) >= 11 is 1.09. The molecule has 0 aliphatic carbocycles. The minimum absolute atomic E-state index is 0.0484. The minimum Gasteiger partial charge on any atom is -0.346 e. The predicted molar refractivity (Wildman–Crippen MR) is 62.6 cm³/mol. The zero-order valence-corrected chi connectivity index (χ0v) is 9.51. The second kappa shape index (κ2) is 7.25. The predicted octanol–water partition coefficient (Wildman–Crippen LogP) is 1.59. The second-order valence-corrected chi connectivity index (χ2v) is 3.75. The summed E-state index contributed by atoms with van der Waals surface area (Å²) in [5.74, 6) is 0. The van der Waals surface area contributed by atoms with Crippen LogP contribution in [-0.2, 0) is 6.42 Å². The molecule has 1 amide bonds. The highest BCUT2D eigenvalue weighted by Crippen LogP contribution is 1.96. The number of carbonyl (C=O) groups is 1. The summed E-state index contributed by atoms with van der Waals surface area (Å²) in [6.45, 7) is 3.35. The molecule has 0 atom stereocenters. The Labute approximate surface area is 94.0 Å². The molecular formula is C10H15N3OS. The summed E-state index contributed by atoms with van der Waals surface area (Å²) in [7, 11) is 0. The van der Waals surface area contributed by atoms with Crippen LogP contribution in [0.15, 0.2) is 24.4 Å². The number of nitrogens with zero attached hydrogens (tertiary/aromatic N) is 1. The maximum Gasteiger partial charge on any atom is 0.294 e. The fourth-order valence-corrected chi connectivity index (χ4v) is 1.46. The lowest BCUT2D eigenvalue weighted by Crippen LogP contribution is -2.24. The zero-order valence-electron chi connectivity index (χ0n) is 8.69. The van der Waals surface area contributed by atoms with Crippen molar-refractivity contribution in [3.05, 3.63) is 30.1 Å². The number of hydrogen-bond donors (Lipinski definition) is 2. The van der Waals surface area contributed by atoms with E-state index in [1.165, 1.54) is 0 Å². The number of hydrogen-bond acceptors (Lipinski definition) is 4. The van der Waals surface area contributed by atoms with E-state index < -0.39 is 0 Å². The molecule has 0 aliphatic heterocycles. The van der Waals surface area contributed by atoms with E-state index in [0.717, 1.165) is 30.6 Å². The summed E-state index contributed by atoms with van der Waals surface area (Å²) in [5, 5.41) is 2.74. The van der Waals surface area contributed by atoms with Crippen molar-refractivity contribution < 1.29 is 4.79 Å². The van der Waals surface area contributed by atoms with Gasteiger partial charge in [0.05, 0.1) is 0 Å². The van der Waals surface area contributed by atoms with E-state index in [2.05, 4.69) is 15.0 Å². The van der Waals surface area contributed by atoms with Crippen LogP contribution in [0, 0.1) is 0 Å². The second-order valence-electron chi connectivity index (χ2n) is 2.89. The Morgan fingerprint density at radius 1 is 1.53 bits per heavy atom. The molecule has 0 fully saturated rings. The highest BCUT2D eigenvalue weighted by atomic mass is 32.2. The molecule has 0 bridgehead atoms. The molecule has 1 aromatic rings. The maximum absolute atomic E-state index is 11.2. The van der Waals surface area contributed by atoms with Crippen molar-refractivity contribution in [2.24, 2.45) is 0 Å². The SMILES string of the molecule is CCNSC(=O)NCCc1ccccn1. The van der Waals surface area contributed by atoms with Crippen LogP contribution >= 0.6 is 11.9 Å². The fraction of sp³-hybridized carbons (Fsp3) is 0.400. The summed E-state index contributed by atoms with van der Waals surface area (Å²) in [4.78, 5) is 15.3. The van der Waals surface area contributed by atoms with Crippen LogP contribution in [-0.4, -0.2) is 23.3 Å². The van der Waals surface area contributed by atoms with Gasteiger partial charge in [0.2, 0.25) is 0 Å². The minimum atomic E-state index is -0.0484. The van der Waals surface area contributed by atoms with E-state index in [4.69, 9.17) is 0 Å².